The van der Waals surface area contributed by atoms with Gasteiger partial charge in [-0.2, -0.15) is 0 Å². The van der Waals surface area contributed by atoms with Crippen molar-refractivity contribution in [2.45, 2.75) is 32.7 Å². The van der Waals surface area contributed by atoms with E-state index in [0.717, 1.165) is 24.3 Å². The van der Waals surface area contributed by atoms with Crippen molar-refractivity contribution in [2.75, 3.05) is 30.9 Å². The smallest absolute Gasteiger partial charge is 0.224 e. The number of carbonyl (C=O) groups excluding carboxylic acids is 1. The minimum atomic E-state index is 0.0708. The fraction of sp³-hybridized carbons (Fsp3) is 0.533. The van der Waals surface area contributed by atoms with Gasteiger partial charge in [-0.05, 0) is 31.2 Å². The quantitative estimate of drug-likeness (QED) is 0.743. The maximum absolute atomic E-state index is 11.8. The minimum absolute atomic E-state index is 0.0708. The molecule has 0 aromatic heterocycles. The predicted octanol–water partition coefficient (Wildman–Crippen LogP) is 2.47. The molecule has 0 spiro atoms. The third-order valence-electron chi connectivity index (χ3n) is 2.78. The van der Waals surface area contributed by atoms with E-state index in [1.807, 2.05) is 43.3 Å². The van der Waals surface area contributed by atoms with Crippen LogP contribution >= 0.6 is 0 Å². The fourth-order valence-electron chi connectivity index (χ4n) is 1.73. The molecule has 4 nitrogen and oxygen atoms in total. The Morgan fingerprint density at radius 1 is 1.32 bits per heavy atom. The highest BCUT2D eigenvalue weighted by Crippen LogP contribution is 2.17. The highest BCUT2D eigenvalue weighted by atomic mass is 16.1. The molecule has 0 radical (unpaired) electrons. The number of hydrogen-bond donors (Lipinski definition) is 2. The van der Waals surface area contributed by atoms with E-state index in [-0.39, 0.29) is 5.91 Å². The van der Waals surface area contributed by atoms with Crippen LogP contribution in [0, 0.1) is 0 Å². The highest BCUT2D eigenvalue weighted by Gasteiger charge is 2.03. The molecule has 0 atom stereocenters. The lowest BCUT2D eigenvalue weighted by molar-refractivity contribution is -0.116. The topological polar surface area (TPSA) is 44.4 Å². The molecule has 19 heavy (non-hydrogen) atoms. The van der Waals surface area contributed by atoms with Gasteiger partial charge < -0.3 is 15.5 Å². The van der Waals surface area contributed by atoms with E-state index in [2.05, 4.69) is 24.5 Å². The summed E-state index contributed by atoms with van der Waals surface area (Å²) in [4.78, 5) is 13.8. The molecular weight excluding hydrogens is 238 g/mol. The first kappa shape index (κ1) is 15.5. The van der Waals surface area contributed by atoms with E-state index in [4.69, 9.17) is 0 Å². The Hall–Kier alpha value is -1.55. The van der Waals surface area contributed by atoms with Crippen molar-refractivity contribution >= 4 is 17.3 Å². The molecular formula is C15H25N3O. The van der Waals surface area contributed by atoms with Crippen LogP contribution in [0.5, 0.6) is 0 Å². The van der Waals surface area contributed by atoms with Crippen LogP contribution in [0.1, 0.15) is 26.7 Å². The first-order valence-electron chi connectivity index (χ1n) is 6.79. The minimum Gasteiger partial charge on any atom is -0.378 e. The normalized spacial score (nSPS) is 10.6. The summed E-state index contributed by atoms with van der Waals surface area (Å²) in [5.41, 5.74) is 1.94. The molecule has 0 saturated heterocycles. The van der Waals surface area contributed by atoms with Crippen molar-refractivity contribution in [3.8, 4) is 0 Å². The Bertz CT molecular complexity index is 402. The van der Waals surface area contributed by atoms with Crippen LogP contribution in [0.3, 0.4) is 0 Å². The van der Waals surface area contributed by atoms with Crippen LogP contribution in [0.15, 0.2) is 24.3 Å². The molecule has 1 amide bonds. The molecule has 0 aliphatic carbocycles. The molecule has 0 heterocycles. The van der Waals surface area contributed by atoms with E-state index in [0.29, 0.717) is 12.5 Å². The van der Waals surface area contributed by atoms with E-state index < -0.39 is 0 Å². The maximum atomic E-state index is 11.8. The van der Waals surface area contributed by atoms with Crippen LogP contribution in [-0.2, 0) is 4.79 Å². The second-order valence-corrected chi connectivity index (χ2v) is 5.21. The summed E-state index contributed by atoms with van der Waals surface area (Å²) in [7, 11) is 3.97. The Morgan fingerprint density at radius 2 is 2.05 bits per heavy atom. The number of hydrogen-bond acceptors (Lipinski definition) is 3. The van der Waals surface area contributed by atoms with Crippen molar-refractivity contribution in [1.29, 1.82) is 0 Å². The molecule has 4 heteroatoms. The van der Waals surface area contributed by atoms with Gasteiger partial charge in [0.1, 0.15) is 0 Å². The monoisotopic (exact) mass is 263 g/mol. The summed E-state index contributed by atoms with van der Waals surface area (Å²) in [6, 6.07) is 8.33. The molecule has 0 aliphatic heterocycles. The predicted molar refractivity (Wildman–Crippen MR) is 81.8 cm³/mol. The van der Waals surface area contributed by atoms with Gasteiger partial charge in [-0.25, -0.2) is 0 Å². The number of anilines is 2. The first-order valence-corrected chi connectivity index (χ1v) is 6.79. The van der Waals surface area contributed by atoms with E-state index >= 15 is 0 Å². The third kappa shape index (κ3) is 6.25. The van der Waals surface area contributed by atoms with Crippen molar-refractivity contribution in [2.24, 2.45) is 0 Å². The summed E-state index contributed by atoms with van der Waals surface area (Å²) in [6.45, 7) is 5.09. The van der Waals surface area contributed by atoms with Gasteiger partial charge in [-0.1, -0.05) is 19.9 Å². The van der Waals surface area contributed by atoms with Gasteiger partial charge in [-0.15, -0.1) is 0 Å². The summed E-state index contributed by atoms with van der Waals surface area (Å²) < 4.78 is 0. The number of nitrogens with one attached hydrogen (secondary N) is 2. The van der Waals surface area contributed by atoms with Crippen molar-refractivity contribution in [3.63, 3.8) is 0 Å². The average Bonchev–Trinajstić information content (AvgIpc) is 2.34. The number of nitrogens with zero attached hydrogens (tertiary/aromatic N) is 1. The molecule has 1 aromatic rings. The van der Waals surface area contributed by atoms with Gasteiger partial charge in [0, 0.05) is 37.9 Å². The third-order valence-corrected chi connectivity index (χ3v) is 2.78. The lowest BCUT2D eigenvalue weighted by Gasteiger charge is -2.14. The second kappa shape index (κ2) is 7.79. The standard InChI is InChI=1S/C15H25N3O/c1-12(2)16-10-6-9-15(19)17-13-7-5-8-14(11-13)18(3)4/h5,7-8,11-12,16H,6,9-10H2,1-4H3,(H,17,19). The largest absolute Gasteiger partial charge is 0.378 e. The molecule has 0 saturated carbocycles. The molecule has 0 fully saturated rings. The molecule has 0 unspecified atom stereocenters. The lowest BCUT2D eigenvalue weighted by atomic mass is 10.2. The molecule has 1 aromatic carbocycles. The molecule has 1 rings (SSSR count). The Balaban J connectivity index is 2.37. The van der Waals surface area contributed by atoms with Crippen LogP contribution in [0.2, 0.25) is 0 Å². The highest BCUT2D eigenvalue weighted by molar-refractivity contribution is 5.91. The number of benzene rings is 1. The number of amides is 1. The summed E-state index contributed by atoms with van der Waals surface area (Å²) >= 11 is 0. The van der Waals surface area contributed by atoms with Gasteiger partial charge >= 0.3 is 0 Å². The van der Waals surface area contributed by atoms with Crippen LogP contribution in [0.25, 0.3) is 0 Å². The first-order chi connectivity index (χ1) is 8.99. The molecule has 0 bridgehead atoms. The van der Waals surface area contributed by atoms with Gasteiger partial charge in [0.15, 0.2) is 0 Å². The van der Waals surface area contributed by atoms with E-state index in [9.17, 15) is 4.79 Å². The number of carbonyl (C=O) groups is 1. The van der Waals surface area contributed by atoms with Gasteiger partial charge in [-0.3, -0.25) is 4.79 Å². The summed E-state index contributed by atoms with van der Waals surface area (Å²) in [5, 5.41) is 6.23. The summed E-state index contributed by atoms with van der Waals surface area (Å²) in [5.74, 6) is 0.0708. The van der Waals surface area contributed by atoms with Gasteiger partial charge in [0.05, 0.1) is 0 Å². The Morgan fingerprint density at radius 3 is 2.68 bits per heavy atom. The van der Waals surface area contributed by atoms with Crippen LogP contribution in [0.4, 0.5) is 11.4 Å². The molecule has 2 N–H and O–H groups in total. The van der Waals surface area contributed by atoms with Gasteiger partial charge in [0.25, 0.3) is 0 Å². The zero-order valence-electron chi connectivity index (χ0n) is 12.4. The zero-order valence-corrected chi connectivity index (χ0v) is 12.4. The summed E-state index contributed by atoms with van der Waals surface area (Å²) in [6.07, 6.45) is 1.41. The lowest BCUT2D eigenvalue weighted by Crippen LogP contribution is -2.24. The van der Waals surface area contributed by atoms with Crippen molar-refractivity contribution in [1.82, 2.24) is 5.32 Å². The van der Waals surface area contributed by atoms with Crippen LogP contribution in [-0.4, -0.2) is 32.6 Å². The SMILES string of the molecule is CC(C)NCCCC(=O)Nc1cccc(N(C)C)c1. The Labute approximate surface area is 116 Å². The average molecular weight is 263 g/mol. The second-order valence-electron chi connectivity index (χ2n) is 5.21. The van der Waals surface area contributed by atoms with Crippen molar-refractivity contribution in [3.05, 3.63) is 24.3 Å². The maximum Gasteiger partial charge on any atom is 0.224 e. The van der Waals surface area contributed by atoms with Crippen molar-refractivity contribution < 1.29 is 4.79 Å². The van der Waals surface area contributed by atoms with E-state index in [1.54, 1.807) is 0 Å². The molecule has 0 aliphatic rings. The van der Waals surface area contributed by atoms with Gasteiger partial charge in [0.2, 0.25) is 5.91 Å². The Kier molecular flexibility index (Phi) is 6.36. The molecule has 106 valence electrons. The van der Waals surface area contributed by atoms with Crippen LogP contribution < -0.4 is 15.5 Å². The van der Waals surface area contributed by atoms with E-state index in [1.165, 1.54) is 0 Å². The zero-order chi connectivity index (χ0) is 14.3. The number of rotatable bonds is 7. The fourth-order valence-corrected chi connectivity index (χ4v) is 1.73.